The number of aryl methyl sites for hydroxylation is 5. The quantitative estimate of drug-likeness (QED) is 0.123. The van der Waals surface area contributed by atoms with Crippen LogP contribution in [0.2, 0.25) is 0 Å². The molecule has 0 spiro atoms. The Kier molecular flexibility index (Phi) is 20.9. The number of nitrogens with zero attached hydrogens (tertiary/aromatic N) is 29. The summed E-state index contributed by atoms with van der Waals surface area (Å²) >= 11 is 0. The molecule has 0 atom stereocenters. The van der Waals surface area contributed by atoms with Crippen LogP contribution in [-0.4, -0.2) is 145 Å². The molecule has 15 aromatic rings. The topological polar surface area (TPSA) is 374 Å². The molecular formula is C66H51N29. The van der Waals surface area contributed by atoms with Crippen LogP contribution in [0.1, 0.15) is 28.6 Å². The van der Waals surface area contributed by atoms with E-state index in [1.807, 2.05) is 64.1 Å². The summed E-state index contributed by atoms with van der Waals surface area (Å²) in [6, 6.07) is 11.6. The van der Waals surface area contributed by atoms with Gasteiger partial charge in [0.2, 0.25) is 0 Å². The second kappa shape index (κ2) is 31.6. The Balaban J connectivity index is 0.000000121. The normalized spacial score (nSPS) is 10.4. The molecule has 0 aromatic carbocycles. The predicted molar refractivity (Wildman–Crippen MR) is 346 cm³/mol. The fourth-order valence-corrected chi connectivity index (χ4v) is 8.51. The Morgan fingerprint density at radius 2 is 0.453 bits per heavy atom. The average Bonchev–Trinajstić information content (AvgIpc) is 1.37. The molecule has 0 saturated heterocycles. The first-order valence-corrected chi connectivity index (χ1v) is 28.7. The molecule has 15 rings (SSSR count). The Labute approximate surface area is 541 Å². The van der Waals surface area contributed by atoms with Gasteiger partial charge in [0.15, 0.2) is 17.5 Å². The molecule has 29 nitrogen and oxygen atoms in total. The minimum absolute atomic E-state index is 0.473. The van der Waals surface area contributed by atoms with Gasteiger partial charge in [-0.1, -0.05) is 0 Å². The van der Waals surface area contributed by atoms with Crippen molar-refractivity contribution in [3.05, 3.63) is 251 Å². The molecule has 29 heteroatoms. The van der Waals surface area contributed by atoms with Crippen molar-refractivity contribution in [3.8, 4) is 114 Å². The van der Waals surface area contributed by atoms with Gasteiger partial charge >= 0.3 is 0 Å². The third kappa shape index (κ3) is 17.8. The van der Waals surface area contributed by atoms with Gasteiger partial charge in [-0.3, -0.25) is 89.7 Å². The molecule has 0 unspecified atom stereocenters. The van der Waals surface area contributed by atoms with E-state index in [9.17, 15) is 0 Å². The summed E-state index contributed by atoms with van der Waals surface area (Å²) < 4.78 is 0. The molecule has 95 heavy (non-hydrogen) atoms. The van der Waals surface area contributed by atoms with Crippen LogP contribution in [0, 0.1) is 34.6 Å². The van der Waals surface area contributed by atoms with Crippen LogP contribution in [0.25, 0.3) is 114 Å². The summed E-state index contributed by atoms with van der Waals surface area (Å²) in [5.41, 5.74) is 15.3. The standard InChI is InChI=1S/2C14H11N5.2C13H10N6.C12H9N7/c1-10-6-11(13-8-15-2-4-17-13)7-12(19-10)14-9-16-3-5-18-14;1-10-6-11(13-8-15-2-4-17-13)19-12(7-10)14-9-16-3-5-18-14;1-9-18-10(12-7-14-2-4-16-12)6-11(19-9)13-8-15-3-5-17-13;1-9-6-10(11-7-14-2-4-16-11)19-13(18-9)12-8-15-3-5-17-12;1-8-17-11(9-6-13-2-4-15-9)19-12(18-8)10-7-14-3-5-16-10/h2*2-9H,1H3;2*2-8H,1H3;2-7H,1H3. The van der Waals surface area contributed by atoms with Crippen molar-refractivity contribution >= 4 is 0 Å². The molecule has 0 saturated carbocycles. The van der Waals surface area contributed by atoms with Gasteiger partial charge in [0.05, 0.1) is 102 Å². The Bertz CT molecular complexity index is 3850. The van der Waals surface area contributed by atoms with Crippen molar-refractivity contribution in [2.24, 2.45) is 0 Å². The lowest BCUT2D eigenvalue weighted by atomic mass is 10.1. The van der Waals surface area contributed by atoms with Crippen LogP contribution < -0.4 is 0 Å². The van der Waals surface area contributed by atoms with Gasteiger partial charge in [-0.2, -0.15) is 0 Å². The van der Waals surface area contributed by atoms with Crippen LogP contribution >= 0.6 is 0 Å². The van der Waals surface area contributed by atoms with E-state index in [0.717, 1.165) is 79.5 Å². The number of hydrogen-bond donors (Lipinski definition) is 0. The smallest absolute Gasteiger partial charge is 0.183 e. The molecule has 0 aliphatic heterocycles. The Hall–Kier alpha value is -13.7. The van der Waals surface area contributed by atoms with Crippen molar-refractivity contribution in [2.75, 3.05) is 0 Å². The van der Waals surface area contributed by atoms with Gasteiger partial charge in [-0.15, -0.1) is 0 Å². The van der Waals surface area contributed by atoms with Crippen LogP contribution in [0.4, 0.5) is 0 Å². The van der Waals surface area contributed by atoms with E-state index in [0.29, 0.717) is 63.3 Å². The highest BCUT2D eigenvalue weighted by Gasteiger charge is 2.14. The highest BCUT2D eigenvalue weighted by molar-refractivity contribution is 5.67. The molecule has 0 bridgehead atoms. The molecule has 0 fully saturated rings. The number of aromatic nitrogens is 29. The second-order valence-electron chi connectivity index (χ2n) is 19.6. The summed E-state index contributed by atoms with van der Waals surface area (Å²) in [5, 5.41) is 0. The lowest BCUT2D eigenvalue weighted by molar-refractivity contribution is 0.968. The summed E-state index contributed by atoms with van der Waals surface area (Å²) in [5.74, 6) is 2.73. The first-order chi connectivity index (χ1) is 46.6. The fourth-order valence-electron chi connectivity index (χ4n) is 8.51. The Morgan fingerprint density at radius 3 is 0.789 bits per heavy atom. The molecule has 0 amide bonds. The van der Waals surface area contributed by atoms with E-state index < -0.39 is 0 Å². The van der Waals surface area contributed by atoms with Gasteiger partial charge in [-0.05, 0) is 76.6 Å². The van der Waals surface area contributed by atoms with Gasteiger partial charge in [-0.25, -0.2) is 54.8 Å². The fraction of sp³-hybridized carbons (Fsp3) is 0.0758. The molecule has 0 radical (unpaired) electrons. The minimum atomic E-state index is 0.473. The average molecular weight is 1250 g/mol. The third-order valence-corrected chi connectivity index (χ3v) is 12.6. The van der Waals surface area contributed by atoms with Crippen LogP contribution in [0.15, 0.2) is 222 Å². The lowest BCUT2D eigenvalue weighted by Crippen LogP contribution is -2.01. The first-order valence-electron chi connectivity index (χ1n) is 28.7. The maximum Gasteiger partial charge on any atom is 0.183 e. The maximum atomic E-state index is 4.57. The van der Waals surface area contributed by atoms with Crippen molar-refractivity contribution < 1.29 is 0 Å². The van der Waals surface area contributed by atoms with E-state index in [1.54, 1.807) is 193 Å². The van der Waals surface area contributed by atoms with Crippen molar-refractivity contribution in [1.82, 2.24) is 145 Å². The number of hydrogen-bond acceptors (Lipinski definition) is 29. The molecule has 0 aliphatic carbocycles. The lowest BCUT2D eigenvalue weighted by Gasteiger charge is -2.05. The monoisotopic (exact) mass is 1250 g/mol. The highest BCUT2D eigenvalue weighted by Crippen LogP contribution is 2.25. The van der Waals surface area contributed by atoms with Crippen LogP contribution in [0.5, 0.6) is 0 Å². The van der Waals surface area contributed by atoms with Crippen molar-refractivity contribution in [3.63, 3.8) is 0 Å². The zero-order chi connectivity index (χ0) is 65.4. The van der Waals surface area contributed by atoms with Gasteiger partial charge in [0.25, 0.3) is 0 Å². The van der Waals surface area contributed by atoms with E-state index in [1.165, 1.54) is 0 Å². The molecular weight excluding hydrogens is 1200 g/mol. The summed E-state index contributed by atoms with van der Waals surface area (Å²) in [4.78, 5) is 122. The predicted octanol–water partition coefficient (Wildman–Crippen LogP) is 9.10. The first kappa shape index (κ1) is 62.9. The SMILES string of the molecule is Cc1cc(-c2cnccn2)cc(-c2cnccn2)n1.Cc1cc(-c2cnccn2)nc(-c2cnccn2)c1.Cc1cc(-c2cnccn2)nc(-c2cnccn2)n1.Cc1nc(-c2cnccn2)cc(-c2cnccn2)n1.Cc1nc(-c2cnccn2)nc(-c2cnccn2)n1. The van der Waals surface area contributed by atoms with Gasteiger partial charge in [0.1, 0.15) is 62.9 Å². The van der Waals surface area contributed by atoms with E-state index in [2.05, 4.69) is 145 Å². The number of pyridine rings is 2. The summed E-state index contributed by atoms with van der Waals surface area (Å²) in [6.07, 6.45) is 49.3. The van der Waals surface area contributed by atoms with Crippen LogP contribution in [0.3, 0.4) is 0 Å². The largest absolute Gasteiger partial charge is 0.261 e. The molecule has 0 N–H and O–H groups in total. The highest BCUT2D eigenvalue weighted by atomic mass is 15.1. The van der Waals surface area contributed by atoms with Gasteiger partial charge in [0, 0.05) is 141 Å². The van der Waals surface area contributed by atoms with Gasteiger partial charge < -0.3 is 0 Å². The summed E-state index contributed by atoms with van der Waals surface area (Å²) in [6.45, 7) is 9.49. The maximum absolute atomic E-state index is 4.57. The molecule has 460 valence electrons. The van der Waals surface area contributed by atoms with Crippen LogP contribution in [-0.2, 0) is 0 Å². The second-order valence-corrected chi connectivity index (χ2v) is 19.6. The van der Waals surface area contributed by atoms with E-state index >= 15 is 0 Å². The zero-order valence-corrected chi connectivity index (χ0v) is 51.3. The molecule has 15 heterocycles. The summed E-state index contributed by atoms with van der Waals surface area (Å²) in [7, 11) is 0. The van der Waals surface area contributed by atoms with E-state index in [4.69, 9.17) is 0 Å². The third-order valence-electron chi connectivity index (χ3n) is 12.6. The zero-order valence-electron chi connectivity index (χ0n) is 51.3. The number of rotatable bonds is 10. The molecule has 15 aromatic heterocycles. The molecule has 0 aliphatic rings. The van der Waals surface area contributed by atoms with Crippen molar-refractivity contribution in [1.29, 1.82) is 0 Å². The Morgan fingerprint density at radius 1 is 0.179 bits per heavy atom. The van der Waals surface area contributed by atoms with E-state index in [-0.39, 0.29) is 0 Å². The minimum Gasteiger partial charge on any atom is -0.261 e. The van der Waals surface area contributed by atoms with Crippen molar-refractivity contribution in [2.45, 2.75) is 34.6 Å².